The normalized spacial score (nSPS) is 11.6. The van der Waals surface area contributed by atoms with Crippen molar-refractivity contribution in [3.8, 4) is 102 Å². The molecule has 0 spiro atoms. The van der Waals surface area contributed by atoms with Gasteiger partial charge in [-0.05, 0) is 76.3 Å². The number of hydrogen-bond acceptors (Lipinski definition) is 6. The van der Waals surface area contributed by atoms with Crippen LogP contribution in [0.3, 0.4) is 0 Å². The minimum absolute atomic E-state index is 0.159. The Balaban J connectivity index is 1.20. The fourth-order valence-corrected chi connectivity index (χ4v) is 14.9. The van der Waals surface area contributed by atoms with E-state index in [4.69, 9.17) is 14.4 Å². The van der Waals surface area contributed by atoms with Crippen molar-refractivity contribution in [2.45, 2.75) is 0 Å². The van der Waals surface area contributed by atoms with Crippen LogP contribution in [0.5, 0.6) is 0 Å². The maximum atomic E-state index is 10.7. The topological polar surface area (TPSA) is 125 Å². The second-order valence-corrected chi connectivity index (χ2v) is 23.6. The minimum atomic E-state index is 0.159. The van der Waals surface area contributed by atoms with Crippen LogP contribution < -0.4 is 0 Å². The lowest BCUT2D eigenvalue weighted by Crippen LogP contribution is -2.12. The van der Waals surface area contributed by atoms with Crippen LogP contribution in [-0.2, 0) is 0 Å². The van der Waals surface area contributed by atoms with E-state index >= 15 is 0 Å². The van der Waals surface area contributed by atoms with E-state index in [1.54, 1.807) is 12.4 Å². The van der Waals surface area contributed by atoms with Crippen LogP contribution in [0.15, 0.2) is 296 Å². The lowest BCUT2D eigenvalue weighted by molar-refractivity contribution is 0.670. The van der Waals surface area contributed by atoms with Gasteiger partial charge in [0, 0.05) is 77.9 Å². The second kappa shape index (κ2) is 21.4. The first kappa shape index (κ1) is 53.6. The Bertz CT molecular complexity index is 6100. The fraction of sp³-hybridized carbons (Fsp3) is 0. The smallest absolute Gasteiger partial charge is 0.165 e. The molecule has 0 atom stereocenters. The predicted octanol–water partition coefficient (Wildman–Crippen LogP) is 21.3. The standard InChI is InChI=1S/C85H48N8O/c86-47-52-45-57(48-87)72(58(46-52)49-88)59-50-89-85(90-51-59)79-81(92-68-41-21-15-35-62(68)63-36-16-22-42-69(63)92)82(93-70-43-23-17-37-64(70)65-38-18-24-44-71(65)93)80(91-66-39-19-13-33-60(66)61-34-14-20-40-67(61)91)78-77-75(55-29-9-3-10-30-55)73(53-25-5-1-6-26-53)74(54-27-7-2-8-28-54)76(83(77)94-84(78)79)56-31-11-4-12-32-56/h1-46,50-51H. The van der Waals surface area contributed by atoms with E-state index in [2.05, 4.69) is 299 Å². The lowest BCUT2D eigenvalue weighted by atomic mass is 9.80. The molecule has 18 aromatic rings. The first-order chi connectivity index (χ1) is 46.6. The van der Waals surface area contributed by atoms with Crippen molar-refractivity contribution >= 4 is 87.4 Å². The monoisotopic (exact) mass is 1200 g/mol. The van der Waals surface area contributed by atoms with E-state index in [9.17, 15) is 15.8 Å². The van der Waals surface area contributed by atoms with Gasteiger partial charge in [0.1, 0.15) is 5.58 Å². The summed E-state index contributed by atoms with van der Waals surface area (Å²) in [5.74, 6) is 0.320. The van der Waals surface area contributed by atoms with Crippen molar-refractivity contribution in [2.24, 2.45) is 0 Å². The maximum absolute atomic E-state index is 10.7. The molecular weight excluding hydrogens is 1150 g/mol. The Kier molecular flexibility index (Phi) is 12.2. The van der Waals surface area contributed by atoms with E-state index < -0.39 is 0 Å². The molecule has 0 fully saturated rings. The van der Waals surface area contributed by atoms with E-state index in [-0.39, 0.29) is 16.7 Å². The summed E-state index contributed by atoms with van der Waals surface area (Å²) in [5.41, 5.74) is 19.1. The Morgan fingerprint density at radius 3 is 0.979 bits per heavy atom. The van der Waals surface area contributed by atoms with E-state index in [0.29, 0.717) is 33.7 Å². The zero-order chi connectivity index (χ0) is 62.5. The molecule has 94 heavy (non-hydrogen) atoms. The predicted molar refractivity (Wildman–Crippen MR) is 379 cm³/mol. The first-order valence-electron chi connectivity index (χ1n) is 31.1. The highest BCUT2D eigenvalue weighted by Crippen LogP contribution is 2.58. The summed E-state index contributed by atoms with van der Waals surface area (Å²) in [7, 11) is 0. The number of rotatable bonds is 9. The molecule has 0 bridgehead atoms. The molecule has 18 rings (SSSR count). The number of hydrogen-bond donors (Lipinski definition) is 0. The molecule has 0 saturated carbocycles. The van der Waals surface area contributed by atoms with Crippen molar-refractivity contribution in [2.75, 3.05) is 0 Å². The Morgan fingerprint density at radius 2 is 0.596 bits per heavy atom. The molecule has 0 amide bonds. The quantitative estimate of drug-likeness (QED) is 0.142. The lowest BCUT2D eigenvalue weighted by Gasteiger charge is -2.26. The summed E-state index contributed by atoms with van der Waals surface area (Å²) in [5, 5.41) is 39.6. The SMILES string of the molecule is N#Cc1cc(C#N)c(-c2cnc(-c3c(-n4c5ccccc5c5ccccc54)c(-n4c5ccccc5c5ccccc54)c(-n4c5ccccc5c5ccccc54)c4c3oc3c(-c5ccccc5)c(-c5ccccc5)c(-c5ccccc5)c(-c5ccccc5)c34)nc2)c(C#N)c1. The molecule has 5 heterocycles. The number of nitriles is 3. The molecule has 5 aromatic heterocycles. The third-order valence-electron chi connectivity index (χ3n) is 18.6. The first-order valence-corrected chi connectivity index (χ1v) is 31.1. The molecule has 0 aliphatic rings. The summed E-state index contributed by atoms with van der Waals surface area (Å²) >= 11 is 0. The number of furan rings is 1. The molecule has 13 aromatic carbocycles. The highest BCUT2D eigenvalue weighted by molar-refractivity contribution is 6.30. The molecule has 0 saturated heterocycles. The zero-order valence-electron chi connectivity index (χ0n) is 50.2. The van der Waals surface area contributed by atoms with Crippen molar-refractivity contribution in [3.05, 3.63) is 308 Å². The van der Waals surface area contributed by atoms with Gasteiger partial charge in [0.15, 0.2) is 11.4 Å². The van der Waals surface area contributed by atoms with Crippen molar-refractivity contribution in [1.82, 2.24) is 23.7 Å². The number of nitrogens with zero attached hydrogens (tertiary/aromatic N) is 8. The number of aromatic nitrogens is 5. The van der Waals surface area contributed by atoms with Crippen molar-refractivity contribution < 1.29 is 4.42 Å². The van der Waals surface area contributed by atoms with Gasteiger partial charge in [-0.3, -0.25) is 0 Å². The van der Waals surface area contributed by atoms with Gasteiger partial charge >= 0.3 is 0 Å². The Morgan fingerprint density at radius 1 is 0.277 bits per heavy atom. The minimum Gasteiger partial charge on any atom is -0.454 e. The highest BCUT2D eigenvalue weighted by Gasteiger charge is 2.37. The van der Waals surface area contributed by atoms with Crippen molar-refractivity contribution in [1.29, 1.82) is 15.8 Å². The van der Waals surface area contributed by atoms with E-state index in [1.807, 2.05) is 0 Å². The summed E-state index contributed by atoms with van der Waals surface area (Å²) in [6.07, 6.45) is 3.39. The summed E-state index contributed by atoms with van der Waals surface area (Å²) in [6.45, 7) is 0. The molecule has 9 heteroatoms. The molecule has 0 aliphatic carbocycles. The van der Waals surface area contributed by atoms with Gasteiger partial charge < -0.3 is 18.1 Å². The average molecular weight is 1200 g/mol. The molecule has 0 radical (unpaired) electrons. The van der Waals surface area contributed by atoms with Gasteiger partial charge in [0.25, 0.3) is 0 Å². The Hall–Kier alpha value is -13.4. The second-order valence-electron chi connectivity index (χ2n) is 23.6. The van der Waals surface area contributed by atoms with E-state index in [1.165, 1.54) is 12.1 Å². The van der Waals surface area contributed by atoms with Crippen LogP contribution in [0.1, 0.15) is 16.7 Å². The third-order valence-corrected chi connectivity index (χ3v) is 18.6. The highest BCUT2D eigenvalue weighted by atomic mass is 16.3. The van der Waals surface area contributed by atoms with Crippen LogP contribution in [0.4, 0.5) is 0 Å². The Labute approximate surface area is 538 Å². The number of benzene rings is 13. The van der Waals surface area contributed by atoms with Gasteiger partial charge in [-0.15, -0.1) is 0 Å². The van der Waals surface area contributed by atoms with Crippen LogP contribution in [0.25, 0.3) is 171 Å². The van der Waals surface area contributed by atoms with Crippen LogP contribution in [0, 0.1) is 34.0 Å². The molecular formula is C85H48N8O. The van der Waals surface area contributed by atoms with E-state index in [0.717, 1.165) is 138 Å². The number of para-hydroxylation sites is 6. The summed E-state index contributed by atoms with van der Waals surface area (Å²) < 4.78 is 15.7. The molecule has 0 unspecified atom stereocenters. The molecule has 434 valence electrons. The van der Waals surface area contributed by atoms with Gasteiger partial charge in [0.2, 0.25) is 0 Å². The van der Waals surface area contributed by atoms with Gasteiger partial charge in [-0.2, -0.15) is 15.8 Å². The largest absolute Gasteiger partial charge is 0.454 e. The van der Waals surface area contributed by atoms with Crippen LogP contribution >= 0.6 is 0 Å². The maximum Gasteiger partial charge on any atom is 0.165 e. The van der Waals surface area contributed by atoms with Gasteiger partial charge in [0.05, 0.1) is 96.0 Å². The van der Waals surface area contributed by atoms with Crippen LogP contribution in [0.2, 0.25) is 0 Å². The molecule has 0 N–H and O–H groups in total. The number of fused-ring (bicyclic) bond motifs is 12. The third kappa shape index (κ3) is 7.91. The van der Waals surface area contributed by atoms with Crippen LogP contribution in [-0.4, -0.2) is 23.7 Å². The van der Waals surface area contributed by atoms with Gasteiger partial charge in [-0.25, -0.2) is 9.97 Å². The summed E-state index contributed by atoms with van der Waals surface area (Å²) in [6, 6.07) is 104. The zero-order valence-corrected chi connectivity index (χ0v) is 50.2. The average Bonchev–Trinajstić information content (AvgIpc) is 1.48. The van der Waals surface area contributed by atoms with Gasteiger partial charge in [-0.1, -0.05) is 231 Å². The molecule has 9 nitrogen and oxygen atoms in total. The van der Waals surface area contributed by atoms with Crippen molar-refractivity contribution in [3.63, 3.8) is 0 Å². The molecule has 0 aliphatic heterocycles. The fourth-order valence-electron chi connectivity index (χ4n) is 14.9. The summed E-state index contributed by atoms with van der Waals surface area (Å²) in [4.78, 5) is 11.0.